The Kier molecular flexibility index (Phi) is 3.28. The van der Waals surface area contributed by atoms with E-state index in [1.807, 2.05) is 0 Å². The van der Waals surface area contributed by atoms with E-state index in [0.717, 1.165) is 4.90 Å². The van der Waals surface area contributed by atoms with Gasteiger partial charge in [-0.2, -0.15) is 5.10 Å². The Balaban J connectivity index is 1.96. The van der Waals surface area contributed by atoms with Crippen LogP contribution in [0.25, 0.3) is 0 Å². The van der Waals surface area contributed by atoms with Crippen LogP contribution >= 0.6 is 0 Å². The van der Waals surface area contributed by atoms with Crippen molar-refractivity contribution in [2.75, 3.05) is 19.1 Å². The van der Waals surface area contributed by atoms with Crippen LogP contribution in [0.1, 0.15) is 0 Å². The maximum atomic E-state index is 12.6. The number of benzene rings is 1. The number of fused-ring (bicyclic) bond motifs is 1. The van der Waals surface area contributed by atoms with Crippen LogP contribution in [0, 0.1) is 5.92 Å². The van der Waals surface area contributed by atoms with Crippen LogP contribution in [0.4, 0.5) is 5.69 Å². The summed E-state index contributed by atoms with van der Waals surface area (Å²) in [6, 6.07) is 5.69. The summed E-state index contributed by atoms with van der Waals surface area (Å²) in [6.07, 6.45) is 0. The van der Waals surface area contributed by atoms with Crippen LogP contribution < -0.4 is 15.1 Å². The molecule has 1 saturated heterocycles. The quantitative estimate of drug-likeness (QED) is 0.607. The molecule has 8 nitrogen and oxygen atoms in total. The topological polar surface area (TPSA) is 97.3 Å². The first-order chi connectivity index (χ1) is 10.6. The Hall–Kier alpha value is -2.90. The van der Waals surface area contributed by atoms with Gasteiger partial charge in [0.15, 0.2) is 5.71 Å². The number of carbonyl (C=O) groups is 3. The van der Waals surface area contributed by atoms with Crippen molar-refractivity contribution in [1.82, 2.24) is 5.43 Å². The number of hydrogen-bond acceptors (Lipinski definition) is 7. The van der Waals surface area contributed by atoms with Gasteiger partial charge in [-0.25, -0.2) is 9.69 Å². The number of nitrogens with one attached hydrogen (secondary N) is 1. The molecule has 3 rings (SSSR count). The van der Waals surface area contributed by atoms with E-state index in [-0.39, 0.29) is 5.71 Å². The van der Waals surface area contributed by atoms with Gasteiger partial charge in [0, 0.05) is 6.07 Å². The number of carbonyl (C=O) groups excluding carboxylic acids is 3. The molecule has 0 aromatic heterocycles. The monoisotopic (exact) mass is 303 g/mol. The number of ether oxygens (including phenoxy) is 2. The van der Waals surface area contributed by atoms with Crippen LogP contribution in [-0.2, 0) is 19.1 Å². The Morgan fingerprint density at radius 1 is 1.27 bits per heavy atom. The summed E-state index contributed by atoms with van der Waals surface area (Å²) < 4.78 is 9.68. The molecule has 22 heavy (non-hydrogen) atoms. The molecular weight excluding hydrogens is 290 g/mol. The third-order valence-electron chi connectivity index (χ3n) is 3.63. The zero-order valence-electron chi connectivity index (χ0n) is 11.9. The standard InChI is InChI=1S/C14H13N3O5/c1-21-8-5-3-4-7(6-8)17-12(18)9-10(13(17)19)15-16-11(9)14(20)22-2/h3-6,9-10,15H,1-2H3. The third kappa shape index (κ3) is 1.92. The first-order valence-electron chi connectivity index (χ1n) is 6.51. The summed E-state index contributed by atoms with van der Waals surface area (Å²) in [5.74, 6) is -2.16. The maximum Gasteiger partial charge on any atom is 0.355 e. The average molecular weight is 303 g/mol. The van der Waals surface area contributed by atoms with Crippen molar-refractivity contribution in [1.29, 1.82) is 0 Å². The van der Waals surface area contributed by atoms with E-state index in [2.05, 4.69) is 15.3 Å². The first kappa shape index (κ1) is 14.1. The second kappa shape index (κ2) is 5.14. The average Bonchev–Trinajstić information content (AvgIpc) is 3.08. The summed E-state index contributed by atoms with van der Waals surface area (Å²) >= 11 is 0. The van der Waals surface area contributed by atoms with E-state index in [9.17, 15) is 14.4 Å². The van der Waals surface area contributed by atoms with Crippen molar-refractivity contribution in [3.05, 3.63) is 24.3 Å². The van der Waals surface area contributed by atoms with Gasteiger partial charge < -0.3 is 9.47 Å². The normalized spacial score (nSPS) is 23.0. The second-order valence-corrected chi connectivity index (χ2v) is 4.79. The molecule has 1 N–H and O–H groups in total. The first-order valence-corrected chi connectivity index (χ1v) is 6.51. The number of imide groups is 1. The highest BCUT2D eigenvalue weighted by Crippen LogP contribution is 2.32. The van der Waals surface area contributed by atoms with Crippen LogP contribution in [0.2, 0.25) is 0 Å². The van der Waals surface area contributed by atoms with E-state index in [1.54, 1.807) is 24.3 Å². The number of hydrogen-bond donors (Lipinski definition) is 1. The van der Waals surface area contributed by atoms with Gasteiger partial charge in [0.05, 0.1) is 19.9 Å². The van der Waals surface area contributed by atoms with Gasteiger partial charge in [-0.15, -0.1) is 0 Å². The van der Waals surface area contributed by atoms with Crippen molar-refractivity contribution in [2.45, 2.75) is 6.04 Å². The Morgan fingerprint density at radius 3 is 2.73 bits per heavy atom. The molecule has 0 spiro atoms. The van der Waals surface area contributed by atoms with Crippen molar-refractivity contribution in [3.63, 3.8) is 0 Å². The zero-order chi connectivity index (χ0) is 15.9. The molecule has 2 atom stereocenters. The third-order valence-corrected chi connectivity index (χ3v) is 3.63. The molecule has 2 aliphatic rings. The SMILES string of the molecule is COC(=O)C1=NNC2C(=O)N(c3cccc(OC)c3)C(=O)C12. The summed E-state index contributed by atoms with van der Waals surface area (Å²) in [4.78, 5) is 37.7. The fourth-order valence-electron chi connectivity index (χ4n) is 2.57. The highest BCUT2D eigenvalue weighted by atomic mass is 16.5. The number of rotatable bonds is 3. The molecule has 1 aromatic carbocycles. The minimum atomic E-state index is -0.967. The molecule has 0 bridgehead atoms. The fourth-order valence-corrected chi connectivity index (χ4v) is 2.57. The van der Waals surface area contributed by atoms with Crippen molar-refractivity contribution >= 4 is 29.2 Å². The van der Waals surface area contributed by atoms with Crippen LogP contribution in [0.3, 0.4) is 0 Å². The van der Waals surface area contributed by atoms with E-state index in [0.29, 0.717) is 11.4 Å². The predicted molar refractivity (Wildman–Crippen MR) is 75.4 cm³/mol. The zero-order valence-corrected chi connectivity index (χ0v) is 11.9. The number of anilines is 1. The number of esters is 1. The molecular formula is C14H13N3O5. The van der Waals surface area contributed by atoms with Gasteiger partial charge in [-0.3, -0.25) is 15.0 Å². The van der Waals surface area contributed by atoms with Crippen molar-refractivity contribution in [2.24, 2.45) is 11.0 Å². The van der Waals surface area contributed by atoms with Crippen molar-refractivity contribution in [3.8, 4) is 5.75 Å². The lowest BCUT2D eigenvalue weighted by atomic mass is 9.99. The van der Waals surface area contributed by atoms with E-state index >= 15 is 0 Å². The molecule has 1 fully saturated rings. The molecule has 0 aliphatic carbocycles. The lowest BCUT2D eigenvalue weighted by molar-refractivity contribution is -0.133. The summed E-state index contributed by atoms with van der Waals surface area (Å²) in [5.41, 5.74) is 2.83. The smallest absolute Gasteiger partial charge is 0.355 e. The van der Waals surface area contributed by atoms with Gasteiger partial charge in [0.1, 0.15) is 17.7 Å². The van der Waals surface area contributed by atoms with E-state index < -0.39 is 29.7 Å². The van der Waals surface area contributed by atoms with Gasteiger partial charge in [-0.1, -0.05) is 6.07 Å². The molecule has 2 heterocycles. The highest BCUT2D eigenvalue weighted by Gasteiger charge is 2.55. The molecule has 114 valence electrons. The number of nitrogens with zero attached hydrogens (tertiary/aromatic N) is 2. The minimum absolute atomic E-state index is 0.0868. The molecule has 2 aliphatic heterocycles. The molecule has 0 saturated carbocycles. The lowest BCUT2D eigenvalue weighted by Crippen LogP contribution is -2.36. The molecule has 2 amide bonds. The molecule has 1 aromatic rings. The predicted octanol–water partition coefficient (Wildman–Crippen LogP) is -0.315. The number of amides is 2. The summed E-state index contributed by atoms with van der Waals surface area (Å²) in [6.45, 7) is 0. The lowest BCUT2D eigenvalue weighted by Gasteiger charge is -2.16. The van der Waals surface area contributed by atoms with E-state index in [1.165, 1.54) is 14.2 Å². The van der Waals surface area contributed by atoms with Gasteiger partial charge in [0.25, 0.3) is 5.91 Å². The maximum absolute atomic E-state index is 12.6. The van der Waals surface area contributed by atoms with Crippen LogP contribution in [-0.4, -0.2) is 43.8 Å². The Morgan fingerprint density at radius 2 is 2.05 bits per heavy atom. The largest absolute Gasteiger partial charge is 0.497 e. The Labute approximate surface area is 125 Å². The van der Waals surface area contributed by atoms with Crippen LogP contribution in [0.5, 0.6) is 5.75 Å². The molecule has 0 radical (unpaired) electrons. The highest BCUT2D eigenvalue weighted by molar-refractivity contribution is 6.46. The summed E-state index contributed by atoms with van der Waals surface area (Å²) in [5, 5.41) is 3.75. The minimum Gasteiger partial charge on any atom is -0.497 e. The Bertz CT molecular complexity index is 699. The number of hydrazone groups is 1. The number of methoxy groups -OCH3 is 2. The van der Waals surface area contributed by atoms with Crippen molar-refractivity contribution < 1.29 is 23.9 Å². The van der Waals surface area contributed by atoms with Gasteiger partial charge >= 0.3 is 5.97 Å². The van der Waals surface area contributed by atoms with Gasteiger partial charge in [0.2, 0.25) is 5.91 Å². The van der Waals surface area contributed by atoms with Crippen LogP contribution in [0.15, 0.2) is 29.4 Å². The molecule has 8 heteroatoms. The summed E-state index contributed by atoms with van der Waals surface area (Å²) in [7, 11) is 2.68. The second-order valence-electron chi connectivity index (χ2n) is 4.79. The fraction of sp³-hybridized carbons (Fsp3) is 0.286. The van der Waals surface area contributed by atoms with Gasteiger partial charge in [-0.05, 0) is 12.1 Å². The van der Waals surface area contributed by atoms with E-state index in [4.69, 9.17) is 4.74 Å². The molecule has 2 unspecified atom stereocenters.